The Morgan fingerprint density at radius 2 is 1.77 bits per heavy atom. The molecule has 3 aromatic carbocycles. The number of aliphatic imine (C=N–C) groups is 1. The number of benzene rings is 3. The van der Waals surface area contributed by atoms with Gasteiger partial charge in [0.2, 0.25) is 0 Å². The van der Waals surface area contributed by atoms with Crippen LogP contribution < -0.4 is 14.2 Å². The zero-order valence-corrected chi connectivity index (χ0v) is 37.7. The number of carboxylic acid groups (broad SMARTS) is 1. The SMILES string of the molecule is CC#CCC(C)[C@H](O)/C=C/[C@@H]1[C@H]2C/C(=C/CCCC(=O)O)C[C@H]2C[C@H]1O.COc1cc2c(cc1OC)[C@H]1CN(C)CC[C@H]1N=C2c1ccc(NS(=O)(=O)c2ccc(C)cc2)cc1. The molecule has 12 heteroatoms. The lowest BCUT2D eigenvalue weighted by Crippen LogP contribution is -2.41. The summed E-state index contributed by atoms with van der Waals surface area (Å²) in [6, 6.07) is 18.5. The van der Waals surface area contributed by atoms with Gasteiger partial charge in [0.05, 0.1) is 43.1 Å². The minimum absolute atomic E-state index is 0.0845. The predicted octanol–water partition coefficient (Wildman–Crippen LogP) is 7.99. The number of hydrogen-bond donors (Lipinski definition) is 4. The number of nitrogens with zero attached hydrogens (tertiary/aromatic N) is 2. The van der Waals surface area contributed by atoms with Crippen LogP contribution in [0, 0.1) is 42.4 Å². The third-order valence-corrected chi connectivity index (χ3v) is 14.3. The summed E-state index contributed by atoms with van der Waals surface area (Å²) in [6.07, 6.45) is 11.4. The second-order valence-corrected chi connectivity index (χ2v) is 19.0. The van der Waals surface area contributed by atoms with E-state index < -0.39 is 22.1 Å². The molecular weight excluding hydrogens is 803 g/mol. The number of likely N-dealkylation sites (N-methyl/N-ethyl adjacent to an activating group) is 1. The van der Waals surface area contributed by atoms with Crippen LogP contribution in [0.15, 0.2) is 94.4 Å². The molecule has 0 aromatic heterocycles. The molecule has 0 bridgehead atoms. The Kier molecular flexibility index (Phi) is 15.7. The van der Waals surface area contributed by atoms with Crippen LogP contribution in [0.2, 0.25) is 0 Å². The highest BCUT2D eigenvalue weighted by Crippen LogP contribution is 2.50. The fourth-order valence-electron chi connectivity index (χ4n) is 9.38. The zero-order chi connectivity index (χ0) is 44.6. The number of likely N-dealkylation sites (tertiary alicyclic amines) is 1. The molecule has 62 heavy (non-hydrogen) atoms. The molecule has 2 saturated carbocycles. The van der Waals surface area contributed by atoms with Crippen LogP contribution in [0.3, 0.4) is 0 Å². The summed E-state index contributed by atoms with van der Waals surface area (Å²) in [4.78, 5) is 18.4. The van der Waals surface area contributed by atoms with Gasteiger partial charge in [-0.1, -0.05) is 60.6 Å². The average molecular weight is 866 g/mol. The van der Waals surface area contributed by atoms with Crippen LogP contribution in [0.4, 0.5) is 5.69 Å². The van der Waals surface area contributed by atoms with Gasteiger partial charge in [-0.25, -0.2) is 8.42 Å². The lowest BCUT2D eigenvalue weighted by Gasteiger charge is -2.39. The third-order valence-electron chi connectivity index (χ3n) is 12.9. The van der Waals surface area contributed by atoms with Crippen molar-refractivity contribution in [3.05, 3.63) is 107 Å². The van der Waals surface area contributed by atoms with Crippen molar-refractivity contribution in [2.24, 2.45) is 28.7 Å². The second-order valence-electron chi connectivity index (χ2n) is 17.3. The first-order valence-corrected chi connectivity index (χ1v) is 23.3. The number of aliphatic carboxylic acids is 1. The summed E-state index contributed by atoms with van der Waals surface area (Å²) in [6.45, 7) is 7.65. The van der Waals surface area contributed by atoms with E-state index in [2.05, 4.69) is 40.7 Å². The number of aryl methyl sites for hydroxylation is 1. The lowest BCUT2D eigenvalue weighted by atomic mass is 9.79. The van der Waals surface area contributed by atoms with Gasteiger partial charge in [-0.3, -0.25) is 14.5 Å². The van der Waals surface area contributed by atoms with Crippen molar-refractivity contribution in [3.8, 4) is 23.3 Å². The summed E-state index contributed by atoms with van der Waals surface area (Å²) in [5.74, 6) is 7.90. The second kappa shape index (κ2) is 21.0. The van der Waals surface area contributed by atoms with E-state index in [1.807, 2.05) is 44.2 Å². The topological polar surface area (TPSA) is 158 Å². The standard InChI is InChI=1S/C28H31N3O4S.C22H32O4/c1-18-5-11-21(12-6-18)36(32,33)30-20-9-7-19(8-10-20)28-23-16-27(35-4)26(34-3)15-22(23)24-17-31(2)14-13-25(24)29-28;1-3-4-7-15(2)20(23)11-10-18-19-13-16(8-5-6-9-22(25)26)12-17(19)14-21(18)24/h5-12,15-16,24-25,30H,13-14,17H2,1-4H3;8,10-11,15,17-21,23-24H,5-7,9,12-14H2,1-2H3,(H,25,26)/b;11-10+,16-8+/t24-,25-;15?,17-,18+,19-,20+,21+/m10/s1. The number of fused-ring (bicyclic) bond motifs is 4. The Labute approximate surface area is 368 Å². The first kappa shape index (κ1) is 46.6. The summed E-state index contributed by atoms with van der Waals surface area (Å²) in [5.41, 5.74) is 6.97. The summed E-state index contributed by atoms with van der Waals surface area (Å²) >= 11 is 0. The van der Waals surface area contributed by atoms with Crippen molar-refractivity contribution in [2.75, 3.05) is 39.1 Å². The monoisotopic (exact) mass is 865 g/mol. The minimum Gasteiger partial charge on any atom is -0.493 e. The number of methoxy groups -OCH3 is 2. The summed E-state index contributed by atoms with van der Waals surface area (Å²) in [7, 11) is 1.77. The van der Waals surface area contributed by atoms with Crippen molar-refractivity contribution in [1.29, 1.82) is 0 Å². The number of aliphatic hydroxyl groups excluding tert-OH is 2. The van der Waals surface area contributed by atoms with E-state index in [1.165, 1.54) is 11.1 Å². The third kappa shape index (κ3) is 11.4. The number of ether oxygens (including phenoxy) is 2. The largest absolute Gasteiger partial charge is 0.493 e. The fraction of sp³-hybridized carbons (Fsp3) is 0.480. The minimum atomic E-state index is -3.67. The summed E-state index contributed by atoms with van der Waals surface area (Å²) in [5, 5.41) is 29.4. The Morgan fingerprint density at radius 3 is 2.45 bits per heavy atom. The maximum atomic E-state index is 12.8. The molecule has 7 rings (SSSR count). The molecular formula is C50H63N3O8S. The molecule has 2 aliphatic heterocycles. The van der Waals surface area contributed by atoms with Crippen molar-refractivity contribution >= 4 is 27.4 Å². The molecule has 0 radical (unpaired) electrons. The first-order chi connectivity index (χ1) is 29.7. The Balaban J connectivity index is 0.000000219. The van der Waals surface area contributed by atoms with Crippen molar-refractivity contribution in [2.45, 2.75) is 101 Å². The first-order valence-electron chi connectivity index (χ1n) is 21.8. The van der Waals surface area contributed by atoms with E-state index >= 15 is 0 Å². The van der Waals surface area contributed by atoms with Crippen molar-refractivity contribution in [3.63, 3.8) is 0 Å². The molecule has 0 amide bonds. The van der Waals surface area contributed by atoms with E-state index in [4.69, 9.17) is 19.6 Å². The Bertz CT molecular complexity index is 2290. The van der Waals surface area contributed by atoms with Crippen LogP contribution >= 0.6 is 0 Å². The highest BCUT2D eigenvalue weighted by molar-refractivity contribution is 7.92. The van der Waals surface area contributed by atoms with Crippen LogP contribution in [0.5, 0.6) is 11.5 Å². The van der Waals surface area contributed by atoms with Gasteiger partial charge in [-0.05, 0) is 126 Å². The molecule has 1 unspecified atom stereocenters. The molecule has 2 heterocycles. The molecule has 0 spiro atoms. The van der Waals surface area contributed by atoms with E-state index in [0.29, 0.717) is 41.9 Å². The van der Waals surface area contributed by atoms with Crippen LogP contribution in [0.25, 0.3) is 0 Å². The van der Waals surface area contributed by atoms with Crippen LogP contribution in [-0.4, -0.2) is 92.9 Å². The van der Waals surface area contributed by atoms with Gasteiger partial charge < -0.3 is 29.7 Å². The van der Waals surface area contributed by atoms with Gasteiger partial charge in [0, 0.05) is 48.0 Å². The molecule has 11 nitrogen and oxygen atoms in total. The van der Waals surface area contributed by atoms with E-state index in [-0.39, 0.29) is 41.2 Å². The van der Waals surface area contributed by atoms with Gasteiger partial charge in [0.25, 0.3) is 10.0 Å². The summed E-state index contributed by atoms with van der Waals surface area (Å²) < 4.78 is 39.5. The zero-order valence-electron chi connectivity index (χ0n) is 36.9. The number of allylic oxidation sites excluding steroid dienone is 2. The lowest BCUT2D eigenvalue weighted by molar-refractivity contribution is -0.137. The highest BCUT2D eigenvalue weighted by Gasteiger charge is 2.45. The van der Waals surface area contributed by atoms with E-state index in [0.717, 1.165) is 67.6 Å². The van der Waals surface area contributed by atoms with Gasteiger partial charge in [0.1, 0.15) is 0 Å². The highest BCUT2D eigenvalue weighted by atomic mass is 32.2. The number of rotatable bonds is 14. The Hall–Kier alpha value is -4.93. The average Bonchev–Trinajstić information content (AvgIpc) is 3.78. The number of aliphatic hydroxyl groups is 2. The molecule has 3 aromatic rings. The molecule has 1 saturated heterocycles. The number of anilines is 1. The molecule has 3 fully saturated rings. The number of sulfonamides is 1. The number of piperidine rings is 1. The maximum absolute atomic E-state index is 12.8. The molecule has 332 valence electrons. The maximum Gasteiger partial charge on any atom is 0.303 e. The fourth-order valence-corrected chi connectivity index (χ4v) is 10.4. The van der Waals surface area contributed by atoms with Crippen LogP contribution in [0.1, 0.15) is 93.4 Å². The van der Waals surface area contributed by atoms with Crippen molar-refractivity contribution < 1.29 is 38.0 Å². The van der Waals surface area contributed by atoms with Crippen molar-refractivity contribution in [1.82, 2.24) is 4.90 Å². The molecule has 4 N–H and O–H groups in total. The van der Waals surface area contributed by atoms with Gasteiger partial charge in [-0.2, -0.15) is 0 Å². The van der Waals surface area contributed by atoms with E-state index in [9.17, 15) is 23.4 Å². The van der Waals surface area contributed by atoms with Gasteiger partial charge >= 0.3 is 5.97 Å². The number of unbranched alkanes of at least 4 members (excludes halogenated alkanes) is 1. The van der Waals surface area contributed by atoms with Crippen LogP contribution in [-0.2, 0) is 14.8 Å². The Morgan fingerprint density at radius 1 is 1.06 bits per heavy atom. The van der Waals surface area contributed by atoms with E-state index in [1.54, 1.807) is 57.5 Å². The number of carbonyl (C=O) groups is 1. The molecule has 4 aliphatic rings. The van der Waals surface area contributed by atoms with Gasteiger partial charge in [0.15, 0.2) is 11.5 Å². The normalized spacial score (nSPS) is 24.6. The number of hydrogen-bond acceptors (Lipinski definition) is 9. The number of carboxylic acids is 1. The molecule has 2 aliphatic carbocycles. The predicted molar refractivity (Wildman–Crippen MR) is 245 cm³/mol. The molecule has 8 atom stereocenters. The smallest absolute Gasteiger partial charge is 0.303 e. The number of nitrogens with one attached hydrogen (secondary N) is 1. The quantitative estimate of drug-likeness (QED) is 0.0717. The van der Waals surface area contributed by atoms with Gasteiger partial charge in [-0.15, -0.1) is 11.8 Å².